The Morgan fingerprint density at radius 3 is 1.75 bits per heavy atom. The largest absolute Gasteiger partial charge is 0.497 e. The summed E-state index contributed by atoms with van der Waals surface area (Å²) in [7, 11) is 1.68. The predicted octanol–water partition coefficient (Wildman–Crippen LogP) is 11.3. The van der Waals surface area contributed by atoms with Crippen LogP contribution in [0.1, 0.15) is 18.2 Å². The molecule has 0 N–H and O–H groups in total. The van der Waals surface area contributed by atoms with Gasteiger partial charge in [-0.3, -0.25) is 4.57 Å². The molecule has 0 aliphatic carbocycles. The van der Waals surface area contributed by atoms with E-state index in [0.29, 0.717) is 0 Å². The molecule has 0 spiro atoms. The summed E-state index contributed by atoms with van der Waals surface area (Å²) < 4.78 is 12.4. The second kappa shape index (κ2) is 12.8. The van der Waals surface area contributed by atoms with Crippen LogP contribution in [0.15, 0.2) is 158 Å². The van der Waals surface area contributed by atoms with Crippen molar-refractivity contribution in [2.75, 3.05) is 7.11 Å². The fourth-order valence-electron chi connectivity index (χ4n) is 7.52. The lowest BCUT2D eigenvalue weighted by atomic mass is 10.1. The van der Waals surface area contributed by atoms with Gasteiger partial charge < -0.3 is 13.9 Å². The Labute approximate surface area is 301 Å². The molecule has 3 aromatic heterocycles. The number of aromatic nitrogens is 5. The normalized spacial score (nSPS) is 11.7. The van der Waals surface area contributed by atoms with Crippen molar-refractivity contribution < 1.29 is 4.74 Å². The van der Waals surface area contributed by atoms with E-state index < -0.39 is 0 Å². The van der Waals surface area contributed by atoms with Crippen molar-refractivity contribution in [3.63, 3.8) is 0 Å². The molecule has 0 fully saturated rings. The van der Waals surface area contributed by atoms with Crippen molar-refractivity contribution in [3.05, 3.63) is 170 Å². The molecule has 3 heterocycles. The standard InChI is InChI=1S/C46H35N5O/c1-4-16-41-37(5-2)38-21-9-12-24-42(38)49(41)34-27-32(28-35(30-34)50-43-25-13-10-22-39(43)40-23-11-14-26-44(40)50)46-48-47-45(31-17-15-20-36(29-31)52-3)51(46)33-18-7-6-8-19-33/h4-30H,2H2,1,3H3/b16-4-. The molecule has 9 rings (SSSR count). The molecule has 6 aromatic carbocycles. The van der Waals surface area contributed by atoms with Gasteiger partial charge in [-0.2, -0.15) is 0 Å². The minimum Gasteiger partial charge on any atom is -0.497 e. The van der Waals surface area contributed by atoms with Crippen molar-refractivity contribution in [2.45, 2.75) is 6.92 Å². The van der Waals surface area contributed by atoms with Crippen molar-refractivity contribution in [1.29, 1.82) is 0 Å². The third-order valence-electron chi connectivity index (χ3n) is 9.74. The maximum Gasteiger partial charge on any atom is 0.169 e. The lowest BCUT2D eigenvalue weighted by Crippen LogP contribution is -2.04. The van der Waals surface area contributed by atoms with E-state index in [2.05, 4.69) is 142 Å². The minimum atomic E-state index is 0.721. The highest BCUT2D eigenvalue weighted by Crippen LogP contribution is 2.38. The summed E-state index contributed by atoms with van der Waals surface area (Å²) in [5.74, 6) is 2.20. The van der Waals surface area contributed by atoms with Crippen LogP contribution in [0.25, 0.3) is 84.7 Å². The lowest BCUT2D eigenvalue weighted by molar-refractivity contribution is 0.415. The summed E-state index contributed by atoms with van der Waals surface area (Å²) in [5.41, 5.74) is 10.3. The van der Waals surface area contributed by atoms with Gasteiger partial charge in [0.25, 0.3) is 0 Å². The van der Waals surface area contributed by atoms with E-state index in [1.54, 1.807) is 7.11 Å². The molecule has 9 aromatic rings. The van der Waals surface area contributed by atoms with Crippen LogP contribution in [0, 0.1) is 0 Å². The van der Waals surface area contributed by atoms with E-state index in [1.165, 1.54) is 10.8 Å². The van der Waals surface area contributed by atoms with Crippen LogP contribution in [-0.4, -0.2) is 31.0 Å². The molecule has 0 amide bonds. The number of hydrogen-bond acceptors (Lipinski definition) is 3. The Morgan fingerprint density at radius 2 is 1.12 bits per heavy atom. The summed E-state index contributed by atoms with van der Waals surface area (Å²) in [6.45, 7) is 6.28. The van der Waals surface area contributed by atoms with Crippen molar-refractivity contribution >= 4 is 44.9 Å². The smallest absolute Gasteiger partial charge is 0.169 e. The number of ether oxygens (including phenoxy) is 1. The highest BCUT2D eigenvalue weighted by Gasteiger charge is 2.22. The first-order chi connectivity index (χ1) is 25.7. The molecule has 0 aliphatic rings. The van der Waals surface area contributed by atoms with E-state index >= 15 is 0 Å². The van der Waals surface area contributed by atoms with Gasteiger partial charge in [-0.1, -0.05) is 104 Å². The van der Waals surface area contributed by atoms with E-state index in [0.717, 1.165) is 78.8 Å². The summed E-state index contributed by atoms with van der Waals surface area (Å²) in [4.78, 5) is 0. The first-order valence-electron chi connectivity index (χ1n) is 17.4. The molecule has 250 valence electrons. The number of methoxy groups -OCH3 is 1. The van der Waals surface area contributed by atoms with Crippen molar-refractivity contribution in [3.8, 4) is 45.6 Å². The summed E-state index contributed by atoms with van der Waals surface area (Å²) in [6.07, 6.45) is 6.21. The van der Waals surface area contributed by atoms with Crippen molar-refractivity contribution in [1.82, 2.24) is 23.9 Å². The molecule has 0 aliphatic heterocycles. The van der Waals surface area contributed by atoms with Crippen LogP contribution in [0.3, 0.4) is 0 Å². The zero-order chi connectivity index (χ0) is 35.2. The molecule has 0 radical (unpaired) electrons. The summed E-state index contributed by atoms with van der Waals surface area (Å²) >= 11 is 0. The van der Waals surface area contributed by atoms with Crippen LogP contribution in [0.2, 0.25) is 0 Å². The van der Waals surface area contributed by atoms with Crippen LogP contribution in [-0.2, 0) is 0 Å². The highest BCUT2D eigenvalue weighted by molar-refractivity contribution is 6.09. The Hall–Kier alpha value is -6.92. The van der Waals surface area contributed by atoms with Gasteiger partial charge in [-0.15, -0.1) is 10.2 Å². The molecule has 0 saturated heterocycles. The maximum absolute atomic E-state index is 5.61. The van der Waals surface area contributed by atoms with Crippen LogP contribution < -0.4 is 4.74 Å². The third-order valence-corrected chi connectivity index (χ3v) is 9.74. The summed E-state index contributed by atoms with van der Waals surface area (Å²) in [5, 5.41) is 13.3. The number of benzene rings is 6. The second-order valence-corrected chi connectivity index (χ2v) is 12.7. The summed E-state index contributed by atoms with van der Waals surface area (Å²) in [6, 6.07) is 50.7. The zero-order valence-electron chi connectivity index (χ0n) is 28.9. The molecular weight excluding hydrogens is 639 g/mol. The molecule has 6 nitrogen and oxygen atoms in total. The van der Waals surface area contributed by atoms with E-state index in [1.807, 2.05) is 48.5 Å². The van der Waals surface area contributed by atoms with Gasteiger partial charge >= 0.3 is 0 Å². The number of rotatable bonds is 8. The van der Waals surface area contributed by atoms with Crippen molar-refractivity contribution in [2.24, 2.45) is 0 Å². The van der Waals surface area contributed by atoms with Crippen LogP contribution >= 0.6 is 0 Å². The SMILES string of the molecule is C=Cc1c(/C=C\C)n(-c2cc(-c3nnc(-c4cccc(OC)c4)n3-c3ccccc3)cc(-n3c4ccccc4c4ccccc43)c2)c2ccccc12. The van der Waals surface area contributed by atoms with Gasteiger partial charge in [0.1, 0.15) is 5.75 Å². The Balaban J connectivity index is 1.40. The van der Waals surface area contributed by atoms with Gasteiger partial charge in [0.05, 0.1) is 29.4 Å². The van der Waals surface area contributed by atoms with Gasteiger partial charge in [0.15, 0.2) is 11.6 Å². The molecule has 0 saturated carbocycles. The third kappa shape index (κ3) is 4.95. The van der Waals surface area contributed by atoms with Gasteiger partial charge in [0.2, 0.25) is 0 Å². The number of para-hydroxylation sites is 4. The molecule has 0 unspecified atom stereocenters. The Kier molecular flexibility index (Phi) is 7.63. The van der Waals surface area contributed by atoms with Gasteiger partial charge in [-0.25, -0.2) is 0 Å². The van der Waals surface area contributed by atoms with Gasteiger partial charge in [-0.05, 0) is 73.7 Å². The highest BCUT2D eigenvalue weighted by atomic mass is 16.5. The van der Waals surface area contributed by atoms with E-state index in [9.17, 15) is 0 Å². The number of nitrogens with zero attached hydrogens (tertiary/aromatic N) is 5. The number of allylic oxidation sites excluding steroid dienone is 1. The second-order valence-electron chi connectivity index (χ2n) is 12.7. The average Bonchev–Trinajstić information content (AvgIpc) is 3.89. The van der Waals surface area contributed by atoms with Crippen LogP contribution in [0.4, 0.5) is 0 Å². The molecule has 0 bridgehead atoms. The molecule has 6 heteroatoms. The fraction of sp³-hybridized carbons (Fsp3) is 0.0435. The predicted molar refractivity (Wildman–Crippen MR) is 215 cm³/mol. The monoisotopic (exact) mass is 673 g/mol. The zero-order valence-corrected chi connectivity index (χ0v) is 28.9. The lowest BCUT2D eigenvalue weighted by Gasteiger charge is -2.17. The van der Waals surface area contributed by atoms with Gasteiger partial charge in [0, 0.05) is 49.9 Å². The molecule has 52 heavy (non-hydrogen) atoms. The first-order valence-corrected chi connectivity index (χ1v) is 17.4. The Bertz CT molecular complexity index is 2760. The first kappa shape index (κ1) is 31.1. The van der Waals surface area contributed by atoms with E-state index in [-0.39, 0.29) is 0 Å². The molecular formula is C46H35N5O. The average molecular weight is 674 g/mol. The van der Waals surface area contributed by atoms with E-state index in [4.69, 9.17) is 14.9 Å². The quantitative estimate of drug-likeness (QED) is 0.161. The fourth-order valence-corrected chi connectivity index (χ4v) is 7.52. The molecule has 0 atom stereocenters. The number of hydrogen-bond donors (Lipinski definition) is 0. The topological polar surface area (TPSA) is 49.8 Å². The Morgan fingerprint density at radius 1 is 0.538 bits per heavy atom. The maximum atomic E-state index is 5.61. The number of fused-ring (bicyclic) bond motifs is 4. The van der Waals surface area contributed by atoms with Crippen LogP contribution in [0.5, 0.6) is 5.75 Å². The minimum absolute atomic E-state index is 0.721.